The predicted octanol–water partition coefficient (Wildman–Crippen LogP) is 1.18. The van der Waals surface area contributed by atoms with Gasteiger partial charge >= 0.3 is 0 Å². The van der Waals surface area contributed by atoms with Crippen molar-refractivity contribution < 1.29 is 14.4 Å². The highest BCUT2D eigenvalue weighted by Crippen LogP contribution is 2.20. The molecule has 1 unspecified atom stereocenters. The van der Waals surface area contributed by atoms with E-state index in [1.807, 2.05) is 18.2 Å². The molecule has 1 aliphatic heterocycles. The van der Waals surface area contributed by atoms with Gasteiger partial charge < -0.3 is 16.4 Å². The van der Waals surface area contributed by atoms with Gasteiger partial charge in [-0.05, 0) is 42.6 Å². The molecule has 0 aromatic heterocycles. The topological polar surface area (TPSA) is 105 Å². The van der Waals surface area contributed by atoms with Gasteiger partial charge in [-0.1, -0.05) is 42.5 Å². The van der Waals surface area contributed by atoms with Crippen LogP contribution in [0.15, 0.2) is 54.6 Å². The van der Waals surface area contributed by atoms with Gasteiger partial charge in [0.15, 0.2) is 0 Å². The molecule has 0 radical (unpaired) electrons. The Morgan fingerprint density at radius 1 is 0.966 bits per heavy atom. The van der Waals surface area contributed by atoms with E-state index < -0.39 is 5.91 Å². The van der Waals surface area contributed by atoms with Gasteiger partial charge in [-0.15, -0.1) is 0 Å². The largest absolute Gasteiger partial charge is 0.368 e. The Morgan fingerprint density at radius 2 is 1.69 bits per heavy atom. The van der Waals surface area contributed by atoms with Crippen molar-refractivity contribution in [1.82, 2.24) is 15.5 Å². The fourth-order valence-electron chi connectivity index (χ4n) is 3.48. The zero-order valence-corrected chi connectivity index (χ0v) is 16.3. The number of carbonyl (C=O) groups excluding carboxylic acids is 3. The van der Waals surface area contributed by atoms with Crippen LogP contribution in [0.1, 0.15) is 34.3 Å². The van der Waals surface area contributed by atoms with Crippen molar-refractivity contribution in [1.29, 1.82) is 0 Å². The van der Waals surface area contributed by atoms with E-state index in [0.29, 0.717) is 12.1 Å². The van der Waals surface area contributed by atoms with E-state index in [0.717, 1.165) is 31.5 Å². The summed E-state index contributed by atoms with van der Waals surface area (Å²) in [4.78, 5) is 37.5. The Morgan fingerprint density at radius 3 is 2.38 bits per heavy atom. The lowest BCUT2D eigenvalue weighted by Crippen LogP contribution is -2.42. The van der Waals surface area contributed by atoms with Crippen molar-refractivity contribution in [2.75, 3.05) is 13.1 Å². The maximum atomic E-state index is 12.7. The highest BCUT2D eigenvalue weighted by atomic mass is 16.2. The van der Waals surface area contributed by atoms with Gasteiger partial charge in [-0.25, -0.2) is 0 Å². The number of carbonyl (C=O) groups is 3. The number of hydrogen-bond acceptors (Lipinski definition) is 4. The van der Waals surface area contributed by atoms with Crippen LogP contribution in [0.3, 0.4) is 0 Å². The summed E-state index contributed by atoms with van der Waals surface area (Å²) in [6.07, 6.45) is 1.87. The second-order valence-electron chi connectivity index (χ2n) is 7.18. The van der Waals surface area contributed by atoms with E-state index in [-0.39, 0.29) is 24.4 Å². The third kappa shape index (κ3) is 5.89. The molecule has 0 saturated carbocycles. The summed E-state index contributed by atoms with van der Waals surface area (Å²) in [5.74, 6) is -0.922. The number of nitrogens with two attached hydrogens (primary N) is 1. The fourth-order valence-corrected chi connectivity index (χ4v) is 3.48. The van der Waals surface area contributed by atoms with Crippen LogP contribution >= 0.6 is 0 Å². The van der Waals surface area contributed by atoms with Crippen molar-refractivity contribution in [2.45, 2.75) is 32.0 Å². The lowest BCUT2D eigenvalue weighted by molar-refractivity contribution is -0.125. The Kier molecular flexibility index (Phi) is 6.97. The molecular formula is C22H26N4O3. The lowest BCUT2D eigenvalue weighted by atomic mass is 10.1. The molecule has 7 heteroatoms. The molecule has 1 heterocycles. The number of likely N-dealkylation sites (tertiary alicyclic amines) is 1. The van der Waals surface area contributed by atoms with Crippen LogP contribution < -0.4 is 16.4 Å². The molecule has 7 nitrogen and oxygen atoms in total. The molecule has 1 atom stereocenters. The number of nitrogens with one attached hydrogen (secondary N) is 2. The van der Waals surface area contributed by atoms with Crippen molar-refractivity contribution >= 4 is 17.7 Å². The molecule has 1 fully saturated rings. The maximum Gasteiger partial charge on any atom is 0.251 e. The first-order valence-electron chi connectivity index (χ1n) is 9.74. The molecule has 1 saturated heterocycles. The standard InChI is InChI=1S/C22H26N4O3/c23-20(27)14-25-21(28)18-10-8-16(9-11-18)13-24-22(29)19-7-4-12-26(19)15-17-5-2-1-3-6-17/h1-3,5-6,8-11,19H,4,7,12-15H2,(H2,23,27)(H,24,29)(H,25,28). The van der Waals surface area contributed by atoms with Gasteiger partial charge in [0.05, 0.1) is 12.6 Å². The van der Waals surface area contributed by atoms with E-state index in [1.54, 1.807) is 24.3 Å². The predicted molar refractivity (Wildman–Crippen MR) is 110 cm³/mol. The molecule has 3 rings (SSSR count). The minimum Gasteiger partial charge on any atom is -0.368 e. The molecule has 4 N–H and O–H groups in total. The maximum absolute atomic E-state index is 12.7. The molecule has 152 valence electrons. The molecular weight excluding hydrogens is 368 g/mol. The van der Waals surface area contributed by atoms with Gasteiger partial charge in [0.2, 0.25) is 11.8 Å². The van der Waals surface area contributed by atoms with Crippen molar-refractivity contribution in [3.63, 3.8) is 0 Å². The van der Waals surface area contributed by atoms with Crippen LogP contribution in [0.4, 0.5) is 0 Å². The molecule has 0 spiro atoms. The van der Waals surface area contributed by atoms with Crippen LogP contribution in [0, 0.1) is 0 Å². The zero-order valence-electron chi connectivity index (χ0n) is 16.3. The lowest BCUT2D eigenvalue weighted by Gasteiger charge is -2.23. The molecule has 0 aliphatic carbocycles. The van der Waals surface area contributed by atoms with E-state index in [1.165, 1.54) is 5.56 Å². The summed E-state index contributed by atoms with van der Waals surface area (Å²) in [5, 5.41) is 5.44. The van der Waals surface area contributed by atoms with Gasteiger partial charge in [-0.3, -0.25) is 19.3 Å². The number of benzene rings is 2. The Labute approximate surface area is 170 Å². The van der Waals surface area contributed by atoms with Crippen LogP contribution in [-0.2, 0) is 22.7 Å². The van der Waals surface area contributed by atoms with Gasteiger partial charge in [0, 0.05) is 18.7 Å². The number of amides is 3. The Hall–Kier alpha value is -3.19. The minimum atomic E-state index is -0.592. The summed E-state index contributed by atoms with van der Waals surface area (Å²) in [6.45, 7) is 1.89. The average Bonchev–Trinajstić information content (AvgIpc) is 3.19. The molecule has 2 aromatic carbocycles. The van der Waals surface area contributed by atoms with Crippen molar-refractivity contribution in [3.8, 4) is 0 Å². The first kappa shape index (κ1) is 20.5. The smallest absolute Gasteiger partial charge is 0.251 e. The van der Waals surface area contributed by atoms with E-state index in [2.05, 4.69) is 27.7 Å². The molecule has 1 aliphatic rings. The summed E-state index contributed by atoms with van der Waals surface area (Å²) in [5.41, 5.74) is 7.56. The summed E-state index contributed by atoms with van der Waals surface area (Å²) >= 11 is 0. The molecule has 0 bridgehead atoms. The number of primary amides is 1. The number of hydrogen-bond donors (Lipinski definition) is 3. The monoisotopic (exact) mass is 394 g/mol. The van der Waals surface area contributed by atoms with Crippen LogP contribution in [0.2, 0.25) is 0 Å². The molecule has 2 aromatic rings. The van der Waals surface area contributed by atoms with E-state index in [9.17, 15) is 14.4 Å². The fraction of sp³-hybridized carbons (Fsp3) is 0.318. The first-order chi connectivity index (χ1) is 14.0. The van der Waals surface area contributed by atoms with Gasteiger partial charge in [0.25, 0.3) is 5.91 Å². The van der Waals surface area contributed by atoms with Crippen LogP contribution in [0.25, 0.3) is 0 Å². The third-order valence-corrected chi connectivity index (χ3v) is 5.00. The third-order valence-electron chi connectivity index (χ3n) is 5.00. The first-order valence-corrected chi connectivity index (χ1v) is 9.74. The Balaban J connectivity index is 1.50. The normalized spacial score (nSPS) is 16.3. The van der Waals surface area contributed by atoms with E-state index >= 15 is 0 Å². The molecule has 3 amide bonds. The summed E-state index contributed by atoms with van der Waals surface area (Å²) in [6, 6.07) is 17.0. The average molecular weight is 394 g/mol. The van der Waals surface area contributed by atoms with E-state index in [4.69, 9.17) is 5.73 Å². The quantitative estimate of drug-likeness (QED) is 0.625. The van der Waals surface area contributed by atoms with Crippen LogP contribution in [0.5, 0.6) is 0 Å². The Bertz CT molecular complexity index is 852. The zero-order chi connectivity index (χ0) is 20.6. The highest BCUT2D eigenvalue weighted by Gasteiger charge is 2.30. The molecule has 29 heavy (non-hydrogen) atoms. The summed E-state index contributed by atoms with van der Waals surface area (Å²) < 4.78 is 0. The van der Waals surface area contributed by atoms with Gasteiger partial charge in [-0.2, -0.15) is 0 Å². The second-order valence-corrected chi connectivity index (χ2v) is 7.18. The van der Waals surface area contributed by atoms with Gasteiger partial charge in [0.1, 0.15) is 0 Å². The van der Waals surface area contributed by atoms with Crippen molar-refractivity contribution in [3.05, 3.63) is 71.3 Å². The SMILES string of the molecule is NC(=O)CNC(=O)c1ccc(CNC(=O)C2CCCN2Cc2ccccc2)cc1. The highest BCUT2D eigenvalue weighted by molar-refractivity contribution is 5.96. The van der Waals surface area contributed by atoms with Crippen LogP contribution in [-0.4, -0.2) is 41.8 Å². The van der Waals surface area contributed by atoms with Crippen molar-refractivity contribution in [2.24, 2.45) is 5.73 Å². The number of rotatable bonds is 8. The second kappa shape index (κ2) is 9.84. The minimum absolute atomic E-state index is 0.0294. The summed E-state index contributed by atoms with van der Waals surface area (Å²) in [7, 11) is 0. The number of nitrogens with zero attached hydrogens (tertiary/aromatic N) is 1.